The van der Waals surface area contributed by atoms with E-state index in [0.717, 1.165) is 21.1 Å². The Kier molecular flexibility index (Phi) is 1.82. The largest absolute Gasteiger partial charge is 0.282 e. The van der Waals surface area contributed by atoms with E-state index in [9.17, 15) is 0 Å². The van der Waals surface area contributed by atoms with Crippen LogP contribution in [0.25, 0.3) is 10.9 Å². The van der Waals surface area contributed by atoms with Gasteiger partial charge in [-0.3, -0.25) is 5.10 Å². The fourth-order valence-electron chi connectivity index (χ4n) is 1.30. The molecule has 0 spiro atoms. The van der Waals surface area contributed by atoms with Gasteiger partial charge in [0, 0.05) is 15.6 Å². The van der Waals surface area contributed by atoms with E-state index in [1.165, 1.54) is 0 Å². The second-order valence-electron chi connectivity index (χ2n) is 2.78. The van der Waals surface area contributed by atoms with Crippen LogP contribution >= 0.6 is 15.9 Å². The number of nitrogens with zero attached hydrogens (tertiary/aromatic N) is 2. The average Bonchev–Trinajstić information content (AvgIpc) is 2.49. The maximum Gasteiger partial charge on any atom is 0.100 e. The van der Waals surface area contributed by atoms with Gasteiger partial charge in [0.2, 0.25) is 0 Å². The molecule has 1 heterocycles. The van der Waals surface area contributed by atoms with Crippen LogP contribution in [0, 0.1) is 18.3 Å². The molecule has 4 heteroatoms. The summed E-state index contributed by atoms with van der Waals surface area (Å²) in [4.78, 5) is 0. The van der Waals surface area contributed by atoms with Gasteiger partial charge in [-0.15, -0.1) is 0 Å². The number of fused-ring (bicyclic) bond motifs is 1. The van der Waals surface area contributed by atoms with E-state index < -0.39 is 0 Å². The number of nitrogens with one attached hydrogen (secondary N) is 1. The van der Waals surface area contributed by atoms with Crippen molar-refractivity contribution in [3.05, 3.63) is 27.9 Å². The Morgan fingerprint density at radius 1 is 1.54 bits per heavy atom. The first kappa shape index (κ1) is 8.27. The van der Waals surface area contributed by atoms with Crippen molar-refractivity contribution in [3.63, 3.8) is 0 Å². The third-order valence-corrected chi connectivity index (χ3v) is 2.78. The van der Waals surface area contributed by atoms with E-state index in [0.29, 0.717) is 5.56 Å². The summed E-state index contributed by atoms with van der Waals surface area (Å²) in [5, 5.41) is 16.8. The minimum absolute atomic E-state index is 0.636. The van der Waals surface area contributed by atoms with Crippen LogP contribution in [0.4, 0.5) is 0 Å². The summed E-state index contributed by atoms with van der Waals surface area (Å²) >= 11 is 3.39. The first-order chi connectivity index (χ1) is 6.24. The number of H-pyrrole nitrogens is 1. The van der Waals surface area contributed by atoms with Crippen LogP contribution in [-0.2, 0) is 0 Å². The highest BCUT2D eigenvalue weighted by Gasteiger charge is 2.08. The van der Waals surface area contributed by atoms with Gasteiger partial charge in [-0.25, -0.2) is 0 Å². The zero-order chi connectivity index (χ0) is 9.42. The van der Waals surface area contributed by atoms with Crippen LogP contribution in [0.15, 0.2) is 16.6 Å². The molecule has 0 saturated heterocycles. The Hall–Kier alpha value is -1.34. The molecule has 13 heavy (non-hydrogen) atoms. The lowest BCUT2D eigenvalue weighted by Crippen LogP contribution is -1.79. The second kappa shape index (κ2) is 2.86. The summed E-state index contributed by atoms with van der Waals surface area (Å²) in [5.74, 6) is 0. The van der Waals surface area contributed by atoms with Crippen LogP contribution in [0.5, 0.6) is 0 Å². The molecule has 0 radical (unpaired) electrons. The number of hydrogen-bond acceptors (Lipinski definition) is 2. The molecule has 2 rings (SSSR count). The Morgan fingerprint density at radius 3 is 3.00 bits per heavy atom. The fourth-order valence-corrected chi connectivity index (χ4v) is 2.02. The average molecular weight is 236 g/mol. The first-order valence-corrected chi connectivity index (χ1v) is 4.56. The molecule has 1 aromatic heterocycles. The molecule has 64 valence electrons. The van der Waals surface area contributed by atoms with E-state index >= 15 is 0 Å². The van der Waals surface area contributed by atoms with Crippen molar-refractivity contribution in [2.45, 2.75) is 6.92 Å². The maximum atomic E-state index is 8.80. The summed E-state index contributed by atoms with van der Waals surface area (Å²) in [6.07, 6.45) is 0. The van der Waals surface area contributed by atoms with Gasteiger partial charge in [0.25, 0.3) is 0 Å². The lowest BCUT2D eigenvalue weighted by Gasteiger charge is -1.96. The lowest BCUT2D eigenvalue weighted by molar-refractivity contribution is 1.07. The normalized spacial score (nSPS) is 10.2. The molecule has 0 saturated carbocycles. The lowest BCUT2D eigenvalue weighted by atomic mass is 10.1. The van der Waals surface area contributed by atoms with Gasteiger partial charge in [-0.1, -0.05) is 0 Å². The zero-order valence-corrected chi connectivity index (χ0v) is 8.51. The van der Waals surface area contributed by atoms with Crippen molar-refractivity contribution in [1.29, 1.82) is 5.26 Å². The van der Waals surface area contributed by atoms with Crippen molar-refractivity contribution in [3.8, 4) is 6.07 Å². The van der Waals surface area contributed by atoms with E-state index in [1.54, 1.807) is 6.07 Å². The summed E-state index contributed by atoms with van der Waals surface area (Å²) in [5.41, 5.74) is 2.49. The van der Waals surface area contributed by atoms with Gasteiger partial charge in [-0.2, -0.15) is 10.4 Å². The predicted octanol–water partition coefficient (Wildman–Crippen LogP) is 2.51. The Bertz CT molecular complexity index is 507. The van der Waals surface area contributed by atoms with E-state index in [2.05, 4.69) is 32.2 Å². The van der Waals surface area contributed by atoms with Crippen molar-refractivity contribution in [1.82, 2.24) is 10.2 Å². The number of aromatic nitrogens is 2. The van der Waals surface area contributed by atoms with Crippen molar-refractivity contribution in [2.75, 3.05) is 0 Å². The summed E-state index contributed by atoms with van der Waals surface area (Å²) in [7, 11) is 0. The van der Waals surface area contributed by atoms with Gasteiger partial charge in [0.15, 0.2) is 0 Å². The molecule has 0 unspecified atom stereocenters. The maximum absolute atomic E-state index is 8.80. The molecule has 0 fully saturated rings. The minimum Gasteiger partial charge on any atom is -0.282 e. The topological polar surface area (TPSA) is 52.5 Å². The van der Waals surface area contributed by atoms with Crippen molar-refractivity contribution in [2.24, 2.45) is 0 Å². The third kappa shape index (κ3) is 1.12. The molecule has 0 amide bonds. The third-order valence-electron chi connectivity index (χ3n) is 1.96. The minimum atomic E-state index is 0.636. The standard InChI is InChI=1S/C9H6BrN3/c1-5-8-7(13-12-5)3-2-6(4-11)9(8)10/h2-3H,1H3,(H,12,13). The molecule has 1 aromatic carbocycles. The van der Waals surface area contributed by atoms with Gasteiger partial charge < -0.3 is 0 Å². The van der Waals surface area contributed by atoms with Crippen LogP contribution in [-0.4, -0.2) is 10.2 Å². The molecule has 0 aliphatic heterocycles. The molecule has 2 aromatic rings. The molecule has 0 atom stereocenters. The highest BCUT2D eigenvalue weighted by molar-refractivity contribution is 9.10. The van der Waals surface area contributed by atoms with E-state index in [4.69, 9.17) is 5.26 Å². The molecule has 0 aliphatic rings. The first-order valence-electron chi connectivity index (χ1n) is 3.77. The van der Waals surface area contributed by atoms with Gasteiger partial charge in [-0.05, 0) is 35.0 Å². The number of hydrogen-bond donors (Lipinski definition) is 1. The fraction of sp³-hybridized carbons (Fsp3) is 0.111. The molecule has 1 N–H and O–H groups in total. The molecular formula is C9H6BrN3. The number of aryl methyl sites for hydroxylation is 1. The van der Waals surface area contributed by atoms with Crippen molar-refractivity contribution < 1.29 is 0 Å². The monoisotopic (exact) mass is 235 g/mol. The number of rotatable bonds is 0. The molecule has 3 nitrogen and oxygen atoms in total. The summed E-state index contributed by atoms with van der Waals surface area (Å²) in [6.45, 7) is 1.93. The van der Waals surface area contributed by atoms with Crippen LogP contribution in [0.3, 0.4) is 0 Å². The second-order valence-corrected chi connectivity index (χ2v) is 3.57. The van der Waals surface area contributed by atoms with Gasteiger partial charge >= 0.3 is 0 Å². The molecule has 0 aliphatic carbocycles. The molecular weight excluding hydrogens is 230 g/mol. The van der Waals surface area contributed by atoms with Crippen LogP contribution < -0.4 is 0 Å². The smallest absolute Gasteiger partial charge is 0.100 e. The number of aromatic amines is 1. The van der Waals surface area contributed by atoms with Crippen molar-refractivity contribution >= 4 is 26.8 Å². The van der Waals surface area contributed by atoms with Crippen LogP contribution in [0.2, 0.25) is 0 Å². The Labute approximate surface area is 83.5 Å². The van der Waals surface area contributed by atoms with E-state index in [1.807, 2.05) is 13.0 Å². The number of halogens is 1. The summed E-state index contributed by atoms with van der Waals surface area (Å²) < 4.78 is 0.818. The highest BCUT2D eigenvalue weighted by Crippen LogP contribution is 2.28. The SMILES string of the molecule is Cc1[nH]nc2ccc(C#N)c(Br)c12. The van der Waals surface area contributed by atoms with Crippen LogP contribution in [0.1, 0.15) is 11.3 Å². The predicted molar refractivity (Wildman–Crippen MR) is 53.2 cm³/mol. The van der Waals surface area contributed by atoms with Gasteiger partial charge in [0.05, 0.1) is 11.1 Å². The summed E-state index contributed by atoms with van der Waals surface area (Å²) in [6, 6.07) is 5.71. The number of benzene rings is 1. The Balaban J connectivity index is 2.93. The zero-order valence-electron chi connectivity index (χ0n) is 6.93. The number of nitriles is 1. The molecule has 0 bridgehead atoms. The van der Waals surface area contributed by atoms with E-state index in [-0.39, 0.29) is 0 Å². The highest BCUT2D eigenvalue weighted by atomic mass is 79.9. The Morgan fingerprint density at radius 2 is 2.31 bits per heavy atom. The van der Waals surface area contributed by atoms with Gasteiger partial charge in [0.1, 0.15) is 6.07 Å². The quantitative estimate of drug-likeness (QED) is 0.763.